The minimum atomic E-state index is -0.141. The zero-order valence-electron chi connectivity index (χ0n) is 11.8. The van der Waals surface area contributed by atoms with Gasteiger partial charge in [0, 0.05) is 31.4 Å². The molecule has 0 bridgehead atoms. The molecule has 4 nitrogen and oxygen atoms in total. The minimum Gasteiger partial charge on any atom is -0.469 e. The molecule has 0 saturated carbocycles. The predicted octanol–water partition coefficient (Wildman–Crippen LogP) is 2.36. The van der Waals surface area contributed by atoms with Crippen molar-refractivity contribution in [3.8, 4) is 0 Å². The fourth-order valence-electron chi connectivity index (χ4n) is 2.18. The smallest absolute Gasteiger partial charge is 0.305 e. The Bertz CT molecular complexity index is 372. The average Bonchev–Trinajstić information content (AvgIpc) is 2.78. The van der Waals surface area contributed by atoms with Crippen molar-refractivity contribution in [1.29, 1.82) is 0 Å². The first-order valence-corrected chi connectivity index (χ1v) is 6.48. The summed E-state index contributed by atoms with van der Waals surface area (Å²) in [6.07, 6.45) is 5.51. The lowest BCUT2D eigenvalue weighted by atomic mass is 9.99. The number of aromatic nitrogens is 1. The number of esters is 1. The van der Waals surface area contributed by atoms with E-state index < -0.39 is 0 Å². The van der Waals surface area contributed by atoms with E-state index in [4.69, 9.17) is 0 Å². The van der Waals surface area contributed by atoms with Crippen LogP contribution in [0, 0.1) is 5.92 Å². The zero-order valence-corrected chi connectivity index (χ0v) is 11.8. The summed E-state index contributed by atoms with van der Waals surface area (Å²) in [4.78, 5) is 11.0. The Balaban J connectivity index is 2.50. The minimum absolute atomic E-state index is 0.141. The molecule has 1 unspecified atom stereocenters. The number of carbonyl (C=O) groups is 1. The number of rotatable bonds is 7. The molecular formula is C14H24N2O2. The van der Waals surface area contributed by atoms with Gasteiger partial charge in [0.25, 0.3) is 0 Å². The summed E-state index contributed by atoms with van der Waals surface area (Å²) in [7, 11) is 3.41. The van der Waals surface area contributed by atoms with Crippen molar-refractivity contribution >= 4 is 5.97 Å². The molecule has 1 heterocycles. The first-order valence-electron chi connectivity index (χ1n) is 6.48. The van der Waals surface area contributed by atoms with Crippen molar-refractivity contribution in [2.75, 3.05) is 14.2 Å². The van der Waals surface area contributed by atoms with Gasteiger partial charge in [-0.3, -0.25) is 4.79 Å². The van der Waals surface area contributed by atoms with Crippen molar-refractivity contribution in [1.82, 2.24) is 9.88 Å². The molecule has 0 fully saturated rings. The summed E-state index contributed by atoms with van der Waals surface area (Å²) in [5.41, 5.74) is 1.30. The lowest BCUT2D eigenvalue weighted by Gasteiger charge is -2.18. The number of nitrogens with zero attached hydrogens (tertiary/aromatic N) is 1. The topological polar surface area (TPSA) is 43.3 Å². The molecular weight excluding hydrogens is 228 g/mol. The second-order valence-corrected chi connectivity index (χ2v) is 4.87. The predicted molar refractivity (Wildman–Crippen MR) is 72.3 cm³/mol. The van der Waals surface area contributed by atoms with Gasteiger partial charge in [-0.15, -0.1) is 0 Å². The molecule has 0 radical (unpaired) electrons. The van der Waals surface area contributed by atoms with Gasteiger partial charge in [-0.2, -0.15) is 0 Å². The molecule has 0 spiro atoms. The molecule has 0 aliphatic carbocycles. The largest absolute Gasteiger partial charge is 0.469 e. The normalized spacial score (nSPS) is 12.7. The van der Waals surface area contributed by atoms with Gasteiger partial charge in [-0.1, -0.05) is 13.8 Å². The van der Waals surface area contributed by atoms with Gasteiger partial charge in [0.2, 0.25) is 0 Å². The third-order valence-corrected chi connectivity index (χ3v) is 3.14. The molecule has 1 N–H and O–H groups in total. The Morgan fingerprint density at radius 1 is 1.50 bits per heavy atom. The third kappa shape index (κ3) is 4.18. The second-order valence-electron chi connectivity index (χ2n) is 4.87. The van der Waals surface area contributed by atoms with Crippen molar-refractivity contribution in [3.63, 3.8) is 0 Å². The van der Waals surface area contributed by atoms with E-state index in [0.717, 1.165) is 13.0 Å². The van der Waals surface area contributed by atoms with Crippen LogP contribution in [0.5, 0.6) is 0 Å². The lowest BCUT2D eigenvalue weighted by Crippen LogP contribution is -2.21. The first kappa shape index (κ1) is 14.8. The van der Waals surface area contributed by atoms with Gasteiger partial charge in [0.15, 0.2) is 0 Å². The monoisotopic (exact) mass is 252 g/mol. The number of methoxy groups -OCH3 is 1. The maximum Gasteiger partial charge on any atom is 0.305 e. The van der Waals surface area contributed by atoms with Crippen LogP contribution in [0.1, 0.15) is 38.3 Å². The maximum absolute atomic E-state index is 11.0. The van der Waals surface area contributed by atoms with E-state index >= 15 is 0 Å². The third-order valence-electron chi connectivity index (χ3n) is 3.14. The highest BCUT2D eigenvalue weighted by atomic mass is 16.5. The highest BCUT2D eigenvalue weighted by molar-refractivity contribution is 5.68. The molecule has 1 rings (SSSR count). The number of aryl methyl sites for hydroxylation is 1. The van der Waals surface area contributed by atoms with Crippen LogP contribution in [0.15, 0.2) is 18.5 Å². The maximum atomic E-state index is 11.0. The number of nitrogens with one attached hydrogen (secondary N) is 1. The number of hydrogen-bond acceptors (Lipinski definition) is 3. The molecule has 102 valence electrons. The fourth-order valence-corrected chi connectivity index (χ4v) is 2.18. The molecule has 0 aromatic carbocycles. The number of ether oxygens (including phenoxy) is 1. The quantitative estimate of drug-likeness (QED) is 0.758. The van der Waals surface area contributed by atoms with Crippen LogP contribution in [0.25, 0.3) is 0 Å². The Labute approximate surface area is 109 Å². The van der Waals surface area contributed by atoms with E-state index in [1.54, 1.807) is 0 Å². The van der Waals surface area contributed by atoms with E-state index in [1.807, 2.05) is 7.05 Å². The zero-order chi connectivity index (χ0) is 13.5. The second kappa shape index (κ2) is 7.21. The Morgan fingerprint density at radius 2 is 2.22 bits per heavy atom. The summed E-state index contributed by atoms with van der Waals surface area (Å²) >= 11 is 0. The van der Waals surface area contributed by atoms with E-state index in [1.165, 1.54) is 12.7 Å². The van der Waals surface area contributed by atoms with Crippen LogP contribution in [0.4, 0.5) is 0 Å². The molecule has 0 amide bonds. The summed E-state index contributed by atoms with van der Waals surface area (Å²) in [5.74, 6) is 0.415. The average molecular weight is 252 g/mol. The van der Waals surface area contributed by atoms with Crippen LogP contribution in [-0.4, -0.2) is 24.7 Å². The van der Waals surface area contributed by atoms with Crippen LogP contribution in [0.2, 0.25) is 0 Å². The Hall–Kier alpha value is -1.29. The van der Waals surface area contributed by atoms with E-state index in [0.29, 0.717) is 18.4 Å². The number of hydrogen-bond donors (Lipinski definition) is 1. The summed E-state index contributed by atoms with van der Waals surface area (Å²) in [5, 5.41) is 3.33. The standard InChI is InChI=1S/C14H24N2O2/c1-11(2)14(15-3)12-7-9-16(10-12)8-5-6-13(17)18-4/h7,9-11,14-15H,5-6,8H2,1-4H3. The van der Waals surface area contributed by atoms with Gasteiger partial charge < -0.3 is 14.6 Å². The molecule has 1 atom stereocenters. The van der Waals surface area contributed by atoms with Crippen LogP contribution < -0.4 is 5.32 Å². The molecule has 0 saturated heterocycles. The SMILES string of the molecule is CNC(c1ccn(CCCC(=O)OC)c1)C(C)C. The van der Waals surface area contributed by atoms with Crippen molar-refractivity contribution < 1.29 is 9.53 Å². The lowest BCUT2D eigenvalue weighted by molar-refractivity contribution is -0.140. The molecule has 1 aromatic rings. The van der Waals surface area contributed by atoms with E-state index in [-0.39, 0.29) is 5.97 Å². The Morgan fingerprint density at radius 3 is 2.78 bits per heavy atom. The van der Waals surface area contributed by atoms with E-state index in [2.05, 4.69) is 46.9 Å². The Kier molecular flexibility index (Phi) is 5.92. The molecule has 1 aromatic heterocycles. The van der Waals surface area contributed by atoms with Crippen LogP contribution in [-0.2, 0) is 16.1 Å². The van der Waals surface area contributed by atoms with Crippen molar-refractivity contribution in [2.45, 2.75) is 39.3 Å². The summed E-state index contributed by atoms with van der Waals surface area (Å²) in [6.45, 7) is 5.26. The highest BCUT2D eigenvalue weighted by Crippen LogP contribution is 2.21. The van der Waals surface area contributed by atoms with Crippen molar-refractivity contribution in [3.05, 3.63) is 24.0 Å². The molecule has 4 heteroatoms. The van der Waals surface area contributed by atoms with Crippen LogP contribution >= 0.6 is 0 Å². The molecule has 18 heavy (non-hydrogen) atoms. The van der Waals surface area contributed by atoms with Gasteiger partial charge >= 0.3 is 5.97 Å². The highest BCUT2D eigenvalue weighted by Gasteiger charge is 2.14. The number of carbonyl (C=O) groups excluding carboxylic acids is 1. The van der Waals surface area contributed by atoms with Gasteiger partial charge in [0.05, 0.1) is 7.11 Å². The first-order chi connectivity index (χ1) is 8.58. The fraction of sp³-hybridized carbons (Fsp3) is 0.643. The molecule has 0 aliphatic rings. The van der Waals surface area contributed by atoms with Crippen LogP contribution in [0.3, 0.4) is 0 Å². The summed E-state index contributed by atoms with van der Waals surface area (Å²) < 4.78 is 6.75. The van der Waals surface area contributed by atoms with Crippen molar-refractivity contribution in [2.24, 2.45) is 5.92 Å². The van der Waals surface area contributed by atoms with Gasteiger partial charge in [-0.25, -0.2) is 0 Å². The van der Waals surface area contributed by atoms with E-state index in [9.17, 15) is 4.79 Å². The summed E-state index contributed by atoms with van der Waals surface area (Å²) in [6, 6.07) is 2.52. The molecule has 0 aliphatic heterocycles. The van der Waals surface area contributed by atoms with Gasteiger partial charge in [0.1, 0.15) is 0 Å². The van der Waals surface area contributed by atoms with Gasteiger partial charge in [-0.05, 0) is 31.0 Å².